The molecular weight excluding hydrogens is 444 g/mol. The van der Waals surface area contributed by atoms with Gasteiger partial charge >= 0.3 is 0 Å². The van der Waals surface area contributed by atoms with E-state index in [0.717, 1.165) is 21.9 Å². The summed E-state index contributed by atoms with van der Waals surface area (Å²) in [5.74, 6) is 0.933. The van der Waals surface area contributed by atoms with Crippen molar-refractivity contribution in [3.8, 4) is 5.75 Å². The number of anilines is 2. The molecule has 6 nitrogen and oxygen atoms in total. The second-order valence-corrected chi connectivity index (χ2v) is 10.0. The number of rotatable bonds is 10. The van der Waals surface area contributed by atoms with E-state index in [-0.39, 0.29) is 6.54 Å². The van der Waals surface area contributed by atoms with E-state index in [1.54, 1.807) is 36.0 Å². The minimum atomic E-state index is -3.66. The van der Waals surface area contributed by atoms with E-state index in [9.17, 15) is 13.2 Å². The van der Waals surface area contributed by atoms with Crippen molar-refractivity contribution >= 4 is 39.1 Å². The second kappa shape index (κ2) is 11.1. The number of hydrogen-bond donors (Lipinski definition) is 1. The first kappa shape index (κ1) is 23.7. The van der Waals surface area contributed by atoms with Crippen LogP contribution in [0.3, 0.4) is 0 Å². The highest BCUT2D eigenvalue weighted by Gasteiger charge is 2.21. The van der Waals surface area contributed by atoms with Crippen LogP contribution in [0.2, 0.25) is 0 Å². The number of sulfonamides is 1. The van der Waals surface area contributed by atoms with E-state index < -0.39 is 15.9 Å². The Morgan fingerprint density at radius 2 is 1.72 bits per heavy atom. The monoisotopic (exact) mass is 470 g/mol. The van der Waals surface area contributed by atoms with Crippen LogP contribution in [0.1, 0.15) is 12.5 Å². The van der Waals surface area contributed by atoms with Crippen molar-refractivity contribution in [3.05, 3.63) is 84.4 Å². The van der Waals surface area contributed by atoms with Crippen LogP contribution in [0.15, 0.2) is 83.8 Å². The van der Waals surface area contributed by atoms with Gasteiger partial charge in [0.15, 0.2) is 0 Å². The van der Waals surface area contributed by atoms with E-state index in [4.69, 9.17) is 4.74 Å². The van der Waals surface area contributed by atoms with Gasteiger partial charge in [0.05, 0.1) is 18.6 Å². The summed E-state index contributed by atoms with van der Waals surface area (Å²) in [7, 11) is -3.66. The molecule has 0 unspecified atom stereocenters. The fourth-order valence-electron chi connectivity index (χ4n) is 2.99. The summed E-state index contributed by atoms with van der Waals surface area (Å²) in [4.78, 5) is 13.8. The first-order chi connectivity index (χ1) is 15.3. The normalized spacial score (nSPS) is 11.1. The molecule has 0 heterocycles. The molecule has 0 spiro atoms. The summed E-state index contributed by atoms with van der Waals surface area (Å²) in [6.07, 6.45) is 1.08. The van der Waals surface area contributed by atoms with E-state index in [1.165, 1.54) is 4.90 Å². The maximum Gasteiger partial charge on any atom is 0.245 e. The van der Waals surface area contributed by atoms with Crippen LogP contribution < -0.4 is 14.4 Å². The van der Waals surface area contributed by atoms with Crippen molar-refractivity contribution in [2.75, 3.05) is 29.0 Å². The molecule has 0 aliphatic rings. The van der Waals surface area contributed by atoms with Crippen molar-refractivity contribution < 1.29 is 17.9 Å². The maximum absolute atomic E-state index is 12.6. The lowest BCUT2D eigenvalue weighted by Crippen LogP contribution is -2.37. The first-order valence-corrected chi connectivity index (χ1v) is 13.0. The molecule has 0 atom stereocenters. The highest BCUT2D eigenvalue weighted by molar-refractivity contribution is 7.98. The van der Waals surface area contributed by atoms with Crippen LogP contribution in [-0.2, 0) is 20.6 Å². The Balaban J connectivity index is 1.63. The van der Waals surface area contributed by atoms with Gasteiger partial charge in [-0.15, -0.1) is 11.8 Å². The smallest absolute Gasteiger partial charge is 0.245 e. The number of carbonyl (C=O) groups is 1. The number of nitrogens with zero attached hydrogens (tertiary/aromatic N) is 1. The summed E-state index contributed by atoms with van der Waals surface area (Å²) in [5.41, 5.74) is 2.12. The Morgan fingerprint density at radius 1 is 1.00 bits per heavy atom. The van der Waals surface area contributed by atoms with Gasteiger partial charge in [-0.25, -0.2) is 8.42 Å². The van der Waals surface area contributed by atoms with Gasteiger partial charge in [-0.2, -0.15) is 0 Å². The van der Waals surface area contributed by atoms with Gasteiger partial charge in [-0.05, 0) is 48.9 Å². The van der Waals surface area contributed by atoms with Crippen LogP contribution in [0.4, 0.5) is 11.4 Å². The number of nitrogens with one attached hydrogen (secondary N) is 1. The van der Waals surface area contributed by atoms with Crippen molar-refractivity contribution in [2.45, 2.75) is 17.6 Å². The average molecular weight is 471 g/mol. The molecule has 0 aromatic heterocycles. The van der Waals surface area contributed by atoms with Gasteiger partial charge in [-0.1, -0.05) is 36.4 Å². The molecule has 3 aromatic rings. The number of benzene rings is 3. The number of carbonyl (C=O) groups excluding carboxylic acids is 1. The van der Waals surface area contributed by atoms with Gasteiger partial charge in [0, 0.05) is 22.4 Å². The fourth-order valence-corrected chi connectivity index (χ4v) is 4.72. The lowest BCUT2D eigenvalue weighted by molar-refractivity contribution is -0.114. The average Bonchev–Trinajstić information content (AvgIpc) is 2.77. The highest BCUT2D eigenvalue weighted by atomic mass is 32.2. The number of thioether (sulfide) groups is 1. The molecule has 1 N–H and O–H groups in total. The summed E-state index contributed by atoms with van der Waals surface area (Å²) in [6.45, 7) is 1.97. The zero-order valence-electron chi connectivity index (χ0n) is 18.0. The van der Waals surface area contributed by atoms with Crippen molar-refractivity contribution in [3.63, 3.8) is 0 Å². The van der Waals surface area contributed by atoms with Crippen LogP contribution >= 0.6 is 11.8 Å². The van der Waals surface area contributed by atoms with Gasteiger partial charge in [0.25, 0.3) is 0 Å². The lowest BCUT2D eigenvalue weighted by Gasteiger charge is -2.22. The third-order valence-corrected chi connectivity index (χ3v) is 6.71. The molecule has 0 bridgehead atoms. The Kier molecular flexibility index (Phi) is 8.19. The Hall–Kier alpha value is -2.97. The molecule has 0 fully saturated rings. The van der Waals surface area contributed by atoms with Crippen molar-refractivity contribution in [1.29, 1.82) is 0 Å². The topological polar surface area (TPSA) is 75.7 Å². The minimum Gasteiger partial charge on any atom is -0.494 e. The molecule has 0 aliphatic carbocycles. The zero-order chi connectivity index (χ0) is 23.0. The Bertz CT molecular complexity index is 1130. The standard InChI is InChI=1S/C24H26N2O4S2/c1-3-30-22-9-7-8-21(16-22)26(32(2,28)29)17-24(27)25-20-14-12-19(13-15-20)18-31-23-10-5-4-6-11-23/h4-16H,3,17-18H2,1-2H3,(H,25,27). The molecule has 0 saturated heterocycles. The molecule has 3 rings (SSSR count). The van der Waals surface area contributed by atoms with Crippen molar-refractivity contribution in [2.24, 2.45) is 0 Å². The predicted molar refractivity (Wildman–Crippen MR) is 131 cm³/mol. The maximum atomic E-state index is 12.6. The van der Waals surface area contributed by atoms with Gasteiger partial charge in [0.1, 0.15) is 12.3 Å². The SMILES string of the molecule is CCOc1cccc(N(CC(=O)Nc2ccc(CSc3ccccc3)cc2)S(C)(=O)=O)c1. The zero-order valence-corrected chi connectivity index (χ0v) is 19.7. The Labute approximate surface area is 193 Å². The Morgan fingerprint density at radius 3 is 2.38 bits per heavy atom. The molecule has 0 radical (unpaired) electrons. The van der Waals surface area contributed by atoms with Gasteiger partial charge in [-0.3, -0.25) is 9.10 Å². The highest BCUT2D eigenvalue weighted by Crippen LogP contribution is 2.24. The molecule has 3 aromatic carbocycles. The second-order valence-electron chi connectivity index (χ2n) is 7.05. The van der Waals surface area contributed by atoms with E-state index in [2.05, 4.69) is 17.4 Å². The van der Waals surface area contributed by atoms with Gasteiger partial charge in [0.2, 0.25) is 15.9 Å². The summed E-state index contributed by atoms with van der Waals surface area (Å²) < 4.78 is 31.2. The minimum absolute atomic E-state index is 0.333. The van der Waals surface area contributed by atoms with E-state index in [0.29, 0.717) is 23.7 Å². The third-order valence-electron chi connectivity index (χ3n) is 4.49. The molecule has 0 saturated carbocycles. The van der Waals surface area contributed by atoms with Crippen LogP contribution in [0, 0.1) is 0 Å². The third kappa shape index (κ3) is 7.03. The van der Waals surface area contributed by atoms with Crippen LogP contribution in [0.5, 0.6) is 5.75 Å². The summed E-state index contributed by atoms with van der Waals surface area (Å²) in [5, 5.41) is 2.77. The lowest BCUT2D eigenvalue weighted by atomic mass is 10.2. The molecule has 168 valence electrons. The van der Waals surface area contributed by atoms with E-state index >= 15 is 0 Å². The largest absolute Gasteiger partial charge is 0.494 e. The van der Waals surface area contributed by atoms with Crippen LogP contribution in [0.25, 0.3) is 0 Å². The fraction of sp³-hybridized carbons (Fsp3) is 0.208. The van der Waals surface area contributed by atoms with E-state index in [1.807, 2.05) is 49.4 Å². The summed E-state index contributed by atoms with van der Waals surface area (Å²) >= 11 is 1.74. The molecule has 8 heteroatoms. The van der Waals surface area contributed by atoms with Gasteiger partial charge < -0.3 is 10.1 Å². The predicted octanol–water partition coefficient (Wildman–Crippen LogP) is 4.78. The molecular formula is C24H26N2O4S2. The summed E-state index contributed by atoms with van der Waals surface area (Å²) in [6, 6.07) is 24.4. The van der Waals surface area contributed by atoms with Crippen LogP contribution in [-0.4, -0.2) is 33.7 Å². The molecule has 32 heavy (non-hydrogen) atoms. The number of hydrogen-bond acceptors (Lipinski definition) is 5. The molecule has 1 amide bonds. The number of ether oxygens (including phenoxy) is 1. The molecule has 0 aliphatic heterocycles. The van der Waals surface area contributed by atoms with Crippen molar-refractivity contribution in [1.82, 2.24) is 0 Å². The first-order valence-electron chi connectivity index (χ1n) is 10.1. The number of amides is 1. The quantitative estimate of drug-likeness (QED) is 0.432.